The van der Waals surface area contributed by atoms with Gasteiger partial charge in [0.15, 0.2) is 0 Å². The van der Waals surface area contributed by atoms with Gasteiger partial charge in [0.25, 0.3) is 0 Å². The van der Waals surface area contributed by atoms with Gasteiger partial charge in [-0.25, -0.2) is 4.79 Å². The van der Waals surface area contributed by atoms with Gasteiger partial charge >= 0.3 is 11.9 Å². The van der Waals surface area contributed by atoms with Gasteiger partial charge in [-0.05, 0) is 98.4 Å². The Balaban J connectivity index is 1.36. The van der Waals surface area contributed by atoms with Crippen LogP contribution in [0.5, 0.6) is 0 Å². The lowest BCUT2D eigenvalue weighted by atomic mass is 9.43. The minimum Gasteiger partial charge on any atom is -0.463 e. The van der Waals surface area contributed by atoms with Crippen molar-refractivity contribution in [3.05, 3.63) is 58.5 Å². The summed E-state index contributed by atoms with van der Waals surface area (Å²) in [6, 6.07) is 10.1. The molecule has 2 aromatic rings. The first-order valence-corrected chi connectivity index (χ1v) is 11.2. The van der Waals surface area contributed by atoms with Crippen LogP contribution in [0.25, 0.3) is 0 Å². The summed E-state index contributed by atoms with van der Waals surface area (Å²) in [5.41, 5.74) is 3.72. The van der Waals surface area contributed by atoms with Crippen molar-refractivity contribution in [3.8, 4) is 0 Å². The summed E-state index contributed by atoms with van der Waals surface area (Å²) in [7, 11) is 1.31. The molecular weight excluding hydrogens is 392 g/mol. The molecule has 2 unspecified atom stereocenters. The molecule has 164 valence electrons. The van der Waals surface area contributed by atoms with E-state index in [2.05, 4.69) is 36.8 Å². The lowest BCUT2D eigenvalue weighted by molar-refractivity contribution is -0.176. The van der Waals surface area contributed by atoms with Crippen LogP contribution in [-0.2, 0) is 26.3 Å². The number of methoxy groups -OCH3 is 1. The minimum absolute atomic E-state index is 0.0452. The van der Waals surface area contributed by atoms with Crippen molar-refractivity contribution in [3.63, 3.8) is 0 Å². The molecule has 0 saturated heterocycles. The Labute approximate surface area is 183 Å². The maximum atomic E-state index is 13.4. The molecule has 4 fully saturated rings. The van der Waals surface area contributed by atoms with Crippen LogP contribution in [0, 0.1) is 31.1 Å². The van der Waals surface area contributed by atoms with E-state index < -0.39 is 11.4 Å². The van der Waals surface area contributed by atoms with Crippen molar-refractivity contribution < 1.29 is 23.5 Å². The van der Waals surface area contributed by atoms with E-state index in [0.29, 0.717) is 17.6 Å². The summed E-state index contributed by atoms with van der Waals surface area (Å²) in [5, 5.41) is 0. The van der Waals surface area contributed by atoms with Gasteiger partial charge in [-0.2, -0.15) is 0 Å². The molecule has 0 aliphatic heterocycles. The molecule has 4 saturated carbocycles. The standard InChI is InChI=1S/C26H30O5/c1-16-4-5-20(8-17(16)2)25-10-18-9-19(11-25)13-26(12-18,15-25)24(28)30-14-21-6-7-22(31-21)23(27)29-3/h4-8,18-19H,9-15H2,1-3H3/t18-,19+,25?,26?. The molecule has 4 atom stereocenters. The van der Waals surface area contributed by atoms with Crippen molar-refractivity contribution >= 4 is 11.9 Å². The second-order valence-corrected chi connectivity index (χ2v) is 10.2. The number of esters is 2. The zero-order valence-corrected chi connectivity index (χ0v) is 18.5. The molecule has 0 N–H and O–H groups in total. The van der Waals surface area contributed by atoms with E-state index >= 15 is 0 Å². The van der Waals surface area contributed by atoms with Crippen LogP contribution in [0.1, 0.15) is 71.5 Å². The van der Waals surface area contributed by atoms with E-state index in [1.807, 2.05) is 0 Å². The van der Waals surface area contributed by atoms with Crippen molar-refractivity contribution in [2.45, 2.75) is 64.4 Å². The van der Waals surface area contributed by atoms with Crippen LogP contribution < -0.4 is 0 Å². The number of rotatable bonds is 5. The van der Waals surface area contributed by atoms with Crippen LogP contribution >= 0.6 is 0 Å². The molecule has 0 radical (unpaired) electrons. The molecule has 1 heterocycles. The van der Waals surface area contributed by atoms with Gasteiger partial charge in [0.1, 0.15) is 12.4 Å². The van der Waals surface area contributed by atoms with Gasteiger partial charge in [-0.1, -0.05) is 18.2 Å². The number of ether oxygens (including phenoxy) is 2. The largest absolute Gasteiger partial charge is 0.463 e. The first kappa shape index (κ1) is 20.3. The van der Waals surface area contributed by atoms with Gasteiger partial charge in [0.05, 0.1) is 12.5 Å². The van der Waals surface area contributed by atoms with Gasteiger partial charge in [-0.3, -0.25) is 4.79 Å². The highest BCUT2D eigenvalue weighted by Gasteiger charge is 2.61. The van der Waals surface area contributed by atoms with Crippen LogP contribution in [-0.4, -0.2) is 19.0 Å². The Morgan fingerprint density at radius 3 is 2.45 bits per heavy atom. The third-order valence-corrected chi connectivity index (χ3v) is 8.01. The molecule has 1 aromatic carbocycles. The normalized spacial score (nSPS) is 30.9. The Kier molecular flexibility index (Phi) is 4.76. The summed E-state index contributed by atoms with van der Waals surface area (Å²) in [5.74, 6) is 1.12. The average Bonchev–Trinajstić information content (AvgIpc) is 3.21. The van der Waals surface area contributed by atoms with E-state index in [1.54, 1.807) is 12.1 Å². The van der Waals surface area contributed by atoms with Crippen molar-refractivity contribution in [1.29, 1.82) is 0 Å². The predicted molar refractivity (Wildman–Crippen MR) is 115 cm³/mol. The summed E-state index contributed by atoms with van der Waals surface area (Å²) in [6.07, 6.45) is 6.34. The summed E-state index contributed by atoms with van der Waals surface area (Å²) in [4.78, 5) is 25.0. The molecule has 4 aliphatic carbocycles. The van der Waals surface area contributed by atoms with Crippen molar-refractivity contribution in [1.82, 2.24) is 0 Å². The lowest BCUT2D eigenvalue weighted by Gasteiger charge is -2.61. The highest BCUT2D eigenvalue weighted by molar-refractivity contribution is 5.86. The molecule has 5 nitrogen and oxygen atoms in total. The Morgan fingerprint density at radius 1 is 1.03 bits per heavy atom. The van der Waals surface area contributed by atoms with Gasteiger partial charge < -0.3 is 13.9 Å². The van der Waals surface area contributed by atoms with Gasteiger partial charge in [0, 0.05) is 0 Å². The summed E-state index contributed by atoms with van der Waals surface area (Å²) >= 11 is 0. The monoisotopic (exact) mass is 422 g/mol. The van der Waals surface area contributed by atoms with Crippen LogP contribution in [0.2, 0.25) is 0 Å². The van der Waals surface area contributed by atoms with E-state index in [-0.39, 0.29) is 23.8 Å². The zero-order valence-electron chi connectivity index (χ0n) is 18.5. The predicted octanol–water partition coefficient (Wildman–Crippen LogP) is 5.26. The third-order valence-electron chi connectivity index (χ3n) is 8.01. The molecule has 31 heavy (non-hydrogen) atoms. The van der Waals surface area contributed by atoms with E-state index in [4.69, 9.17) is 9.15 Å². The average molecular weight is 423 g/mol. The smallest absolute Gasteiger partial charge is 0.373 e. The fourth-order valence-electron chi connectivity index (χ4n) is 6.87. The van der Waals surface area contributed by atoms with Gasteiger partial charge in [-0.15, -0.1) is 0 Å². The molecule has 0 amide bonds. The maximum absolute atomic E-state index is 13.4. The minimum atomic E-state index is -0.533. The van der Waals surface area contributed by atoms with Crippen molar-refractivity contribution in [2.24, 2.45) is 17.3 Å². The fraction of sp³-hybridized carbons (Fsp3) is 0.538. The number of hydrogen-bond acceptors (Lipinski definition) is 5. The fourth-order valence-corrected chi connectivity index (χ4v) is 6.87. The number of aryl methyl sites for hydroxylation is 2. The molecule has 5 heteroatoms. The summed E-state index contributed by atoms with van der Waals surface area (Å²) < 4.78 is 15.9. The zero-order chi connectivity index (χ0) is 21.8. The molecule has 1 aromatic heterocycles. The second kappa shape index (κ2) is 7.25. The van der Waals surface area contributed by atoms with Crippen molar-refractivity contribution in [2.75, 3.05) is 7.11 Å². The SMILES string of the molecule is COC(=O)c1ccc(COC(=O)C23C[C@H]4C[C@@H](C2)CC(c2ccc(C)c(C)c2)(C4)C3)o1. The quantitative estimate of drug-likeness (QED) is 0.615. The Morgan fingerprint density at radius 2 is 1.77 bits per heavy atom. The highest BCUT2D eigenvalue weighted by Crippen LogP contribution is 2.66. The Hall–Kier alpha value is -2.56. The first-order chi connectivity index (χ1) is 14.8. The van der Waals surface area contributed by atoms with Gasteiger partial charge in [0.2, 0.25) is 5.76 Å². The molecular formula is C26H30O5. The Bertz CT molecular complexity index is 1020. The maximum Gasteiger partial charge on any atom is 0.373 e. The molecule has 4 bridgehead atoms. The number of benzene rings is 1. The highest BCUT2D eigenvalue weighted by atomic mass is 16.6. The molecule has 6 rings (SSSR count). The van der Waals surface area contributed by atoms with Crippen LogP contribution in [0.3, 0.4) is 0 Å². The van der Waals surface area contributed by atoms with E-state index in [9.17, 15) is 9.59 Å². The molecule has 4 aliphatic rings. The number of furan rings is 1. The van der Waals surface area contributed by atoms with Crippen LogP contribution in [0.15, 0.2) is 34.7 Å². The van der Waals surface area contributed by atoms with E-state index in [0.717, 1.165) is 19.3 Å². The number of carbonyl (C=O) groups excluding carboxylic acids is 2. The summed E-state index contributed by atoms with van der Waals surface area (Å²) in [6.45, 7) is 4.37. The lowest BCUT2D eigenvalue weighted by Crippen LogP contribution is -2.57. The topological polar surface area (TPSA) is 65.7 Å². The second-order valence-electron chi connectivity index (χ2n) is 10.2. The van der Waals surface area contributed by atoms with E-state index in [1.165, 1.54) is 43.1 Å². The molecule has 0 spiro atoms. The number of carbonyl (C=O) groups is 2. The third kappa shape index (κ3) is 3.38. The number of hydrogen-bond donors (Lipinski definition) is 0. The van der Waals surface area contributed by atoms with Crippen LogP contribution in [0.4, 0.5) is 0 Å². The first-order valence-electron chi connectivity index (χ1n) is 11.2.